The summed E-state index contributed by atoms with van der Waals surface area (Å²) in [6, 6.07) is 9.21. The average molecular weight is 557 g/mol. The SMILES string of the molecule is CCCC[C@H](C(=O)N[C@@H](CC(=O)O)c1ccc2c(c1)OCO2)n1cc(C)cc(Cc2c(F)cccc2Cl)c1=O. The number of carbonyl (C=O) groups is 2. The molecule has 0 spiro atoms. The maximum atomic E-state index is 14.5. The number of aromatic nitrogens is 1. The normalized spacial score (nSPS) is 13.6. The standard InChI is InChI=1S/C29H30ClFN2O6/c1-3-4-8-24(28(36)32-23(14-27(34)35)18-9-10-25-26(13-18)39-16-38-25)33-15-17(2)11-19(29(33)37)12-20-21(30)6-5-7-22(20)31/h5-7,9-11,13,15,23-24H,3-4,8,12,14,16H2,1-2H3,(H,32,36)(H,34,35)/t23-,24+/m0/s1. The summed E-state index contributed by atoms with van der Waals surface area (Å²) in [5, 5.41) is 12.6. The van der Waals surface area contributed by atoms with Crippen LogP contribution in [0.2, 0.25) is 5.02 Å². The lowest BCUT2D eigenvalue weighted by Crippen LogP contribution is -2.40. The van der Waals surface area contributed by atoms with E-state index < -0.39 is 35.3 Å². The van der Waals surface area contributed by atoms with Crippen molar-refractivity contribution >= 4 is 23.5 Å². The van der Waals surface area contributed by atoms with Crippen molar-refractivity contribution in [3.63, 3.8) is 0 Å². The van der Waals surface area contributed by atoms with Crippen molar-refractivity contribution in [2.75, 3.05) is 6.79 Å². The van der Waals surface area contributed by atoms with Gasteiger partial charge in [-0.3, -0.25) is 14.4 Å². The van der Waals surface area contributed by atoms with Gasteiger partial charge in [-0.15, -0.1) is 0 Å². The number of halogens is 2. The Labute approximate surface area is 230 Å². The Morgan fingerprint density at radius 3 is 2.67 bits per heavy atom. The summed E-state index contributed by atoms with van der Waals surface area (Å²) in [5.74, 6) is -1.11. The van der Waals surface area contributed by atoms with E-state index in [0.717, 1.165) is 6.42 Å². The predicted molar refractivity (Wildman–Crippen MR) is 144 cm³/mol. The molecule has 2 aromatic carbocycles. The number of benzene rings is 2. The number of carboxylic acids is 1. The molecule has 39 heavy (non-hydrogen) atoms. The van der Waals surface area contributed by atoms with Crippen LogP contribution in [-0.2, 0) is 16.0 Å². The first-order chi connectivity index (χ1) is 18.7. The number of aryl methyl sites for hydroxylation is 1. The van der Waals surface area contributed by atoms with Gasteiger partial charge in [0, 0.05) is 28.8 Å². The Balaban J connectivity index is 1.68. The molecule has 0 saturated carbocycles. The highest BCUT2D eigenvalue weighted by Gasteiger charge is 2.28. The van der Waals surface area contributed by atoms with Crippen LogP contribution in [0.4, 0.5) is 4.39 Å². The molecule has 0 saturated heterocycles. The van der Waals surface area contributed by atoms with Gasteiger partial charge in [-0.05, 0) is 54.8 Å². The van der Waals surface area contributed by atoms with Gasteiger partial charge < -0.3 is 24.5 Å². The molecule has 2 N–H and O–H groups in total. The number of fused-ring (bicyclic) bond motifs is 1. The maximum absolute atomic E-state index is 14.5. The number of ether oxygens (including phenoxy) is 2. The summed E-state index contributed by atoms with van der Waals surface area (Å²) in [6.07, 6.45) is 2.98. The highest BCUT2D eigenvalue weighted by atomic mass is 35.5. The molecular weight excluding hydrogens is 527 g/mol. The summed E-state index contributed by atoms with van der Waals surface area (Å²) < 4.78 is 26.6. The largest absolute Gasteiger partial charge is 0.481 e. The molecule has 8 nitrogen and oxygen atoms in total. The third kappa shape index (κ3) is 6.60. The van der Waals surface area contributed by atoms with Gasteiger partial charge in [0.15, 0.2) is 11.5 Å². The molecule has 0 radical (unpaired) electrons. The number of unbranched alkanes of at least 4 members (excludes halogenated alkanes) is 1. The van der Waals surface area contributed by atoms with Crippen LogP contribution in [0.25, 0.3) is 0 Å². The first-order valence-corrected chi connectivity index (χ1v) is 13.1. The molecule has 4 rings (SSSR count). The van der Waals surface area contributed by atoms with E-state index in [1.54, 1.807) is 43.5 Å². The lowest BCUT2D eigenvalue weighted by Gasteiger charge is -2.25. The molecule has 10 heteroatoms. The highest BCUT2D eigenvalue weighted by Crippen LogP contribution is 2.35. The summed E-state index contributed by atoms with van der Waals surface area (Å²) >= 11 is 6.21. The van der Waals surface area contributed by atoms with Crippen molar-refractivity contribution < 1.29 is 28.6 Å². The van der Waals surface area contributed by atoms with Gasteiger partial charge in [-0.25, -0.2) is 4.39 Å². The maximum Gasteiger partial charge on any atom is 0.305 e. The molecular formula is C29H30ClFN2O6. The van der Waals surface area contributed by atoms with Crippen LogP contribution >= 0.6 is 11.6 Å². The fourth-order valence-corrected chi connectivity index (χ4v) is 4.92. The number of carbonyl (C=O) groups excluding carboxylic acids is 1. The van der Waals surface area contributed by atoms with Crippen LogP contribution in [0, 0.1) is 12.7 Å². The lowest BCUT2D eigenvalue weighted by molar-refractivity contribution is -0.138. The van der Waals surface area contributed by atoms with Crippen molar-refractivity contribution in [1.82, 2.24) is 9.88 Å². The molecule has 3 aromatic rings. The van der Waals surface area contributed by atoms with Crippen molar-refractivity contribution in [2.24, 2.45) is 0 Å². The second-order valence-corrected chi connectivity index (χ2v) is 9.97. The lowest BCUT2D eigenvalue weighted by atomic mass is 10.0. The Hall–Kier alpha value is -3.85. The second-order valence-electron chi connectivity index (χ2n) is 9.56. The van der Waals surface area contributed by atoms with Crippen LogP contribution in [0.1, 0.15) is 66.9 Å². The topological polar surface area (TPSA) is 107 Å². The Morgan fingerprint density at radius 1 is 1.18 bits per heavy atom. The quantitative estimate of drug-likeness (QED) is 0.330. The number of hydrogen-bond acceptors (Lipinski definition) is 5. The number of nitrogens with zero attached hydrogens (tertiary/aromatic N) is 1. The summed E-state index contributed by atoms with van der Waals surface area (Å²) in [5.41, 5.74) is 1.32. The average Bonchev–Trinajstić information content (AvgIpc) is 3.36. The number of carboxylic acid groups (broad SMARTS) is 1. The number of pyridine rings is 1. The molecule has 0 aliphatic carbocycles. The number of amides is 1. The third-order valence-electron chi connectivity index (χ3n) is 6.65. The van der Waals surface area contributed by atoms with Gasteiger partial charge in [-0.2, -0.15) is 0 Å². The van der Waals surface area contributed by atoms with Crippen molar-refractivity contribution in [3.8, 4) is 11.5 Å². The smallest absolute Gasteiger partial charge is 0.305 e. The van der Waals surface area contributed by atoms with Gasteiger partial charge >= 0.3 is 5.97 Å². The molecule has 1 aliphatic rings. The van der Waals surface area contributed by atoms with Crippen LogP contribution in [-0.4, -0.2) is 28.3 Å². The first kappa shape index (κ1) is 28.2. The zero-order valence-electron chi connectivity index (χ0n) is 21.7. The van der Waals surface area contributed by atoms with E-state index >= 15 is 0 Å². The van der Waals surface area contributed by atoms with Crippen LogP contribution in [0.15, 0.2) is 53.5 Å². The molecule has 206 valence electrons. The number of rotatable bonds is 11. The van der Waals surface area contributed by atoms with Crippen LogP contribution in [0.5, 0.6) is 11.5 Å². The summed E-state index contributed by atoms with van der Waals surface area (Å²) in [6.45, 7) is 3.82. The third-order valence-corrected chi connectivity index (χ3v) is 7.00. The minimum atomic E-state index is -1.10. The van der Waals surface area contributed by atoms with Gasteiger partial charge in [-0.1, -0.05) is 43.5 Å². The Kier molecular flexibility index (Phi) is 8.91. The Bertz CT molecular complexity index is 1420. The van der Waals surface area contributed by atoms with Crippen LogP contribution in [0.3, 0.4) is 0 Å². The number of nitrogens with one attached hydrogen (secondary N) is 1. The van der Waals surface area contributed by atoms with Crippen molar-refractivity contribution in [2.45, 2.75) is 58.0 Å². The summed E-state index contributed by atoms with van der Waals surface area (Å²) in [7, 11) is 0. The fourth-order valence-electron chi connectivity index (χ4n) is 4.69. The Morgan fingerprint density at radius 2 is 1.95 bits per heavy atom. The van der Waals surface area contributed by atoms with E-state index in [1.165, 1.54) is 16.7 Å². The fraction of sp³-hybridized carbons (Fsp3) is 0.345. The van der Waals surface area contributed by atoms with E-state index in [-0.39, 0.29) is 30.2 Å². The van der Waals surface area contributed by atoms with Gasteiger partial charge in [0.2, 0.25) is 12.7 Å². The minimum Gasteiger partial charge on any atom is -0.481 e. The molecule has 1 aliphatic heterocycles. The second kappa shape index (κ2) is 12.3. The minimum absolute atomic E-state index is 0.0347. The highest BCUT2D eigenvalue weighted by molar-refractivity contribution is 6.31. The van der Waals surface area contributed by atoms with Gasteiger partial charge in [0.25, 0.3) is 5.56 Å². The zero-order chi connectivity index (χ0) is 28.1. The van der Waals surface area contributed by atoms with Crippen LogP contribution < -0.4 is 20.3 Å². The zero-order valence-corrected chi connectivity index (χ0v) is 22.5. The van der Waals surface area contributed by atoms with E-state index in [4.69, 9.17) is 21.1 Å². The number of hydrogen-bond donors (Lipinski definition) is 2. The van der Waals surface area contributed by atoms with E-state index in [1.807, 2.05) is 6.92 Å². The molecule has 1 aromatic heterocycles. The number of aliphatic carboxylic acids is 1. The van der Waals surface area contributed by atoms with Crippen molar-refractivity contribution in [3.05, 3.63) is 92.1 Å². The molecule has 0 fully saturated rings. The van der Waals surface area contributed by atoms with E-state index in [0.29, 0.717) is 41.0 Å². The monoisotopic (exact) mass is 556 g/mol. The van der Waals surface area contributed by atoms with Gasteiger partial charge in [0.05, 0.1) is 12.5 Å². The van der Waals surface area contributed by atoms with Gasteiger partial charge in [0.1, 0.15) is 11.9 Å². The molecule has 0 unspecified atom stereocenters. The predicted octanol–water partition coefficient (Wildman–Crippen LogP) is 5.33. The van der Waals surface area contributed by atoms with E-state index in [2.05, 4.69) is 5.32 Å². The summed E-state index contributed by atoms with van der Waals surface area (Å²) in [4.78, 5) is 39.0. The van der Waals surface area contributed by atoms with E-state index in [9.17, 15) is 23.9 Å². The molecule has 2 heterocycles. The first-order valence-electron chi connectivity index (χ1n) is 12.7. The molecule has 1 amide bonds. The van der Waals surface area contributed by atoms with Crippen molar-refractivity contribution in [1.29, 1.82) is 0 Å². The molecule has 0 bridgehead atoms. The molecule has 2 atom stereocenters.